The fraction of sp³-hybridized carbons (Fsp3) is 1.00. The Bertz CT molecular complexity index is 201. The summed E-state index contributed by atoms with van der Waals surface area (Å²) < 4.78 is 5.60. The van der Waals surface area contributed by atoms with Crippen LogP contribution in [-0.2, 0) is 4.74 Å². The van der Waals surface area contributed by atoms with Crippen molar-refractivity contribution in [3.63, 3.8) is 0 Å². The van der Waals surface area contributed by atoms with Gasteiger partial charge in [0.25, 0.3) is 0 Å². The third kappa shape index (κ3) is 4.21. The number of likely N-dealkylation sites (N-methyl/N-ethyl adjacent to an activating group) is 1. The second-order valence-corrected chi connectivity index (χ2v) is 4.92. The van der Waals surface area contributed by atoms with Gasteiger partial charge in [0.2, 0.25) is 0 Å². The van der Waals surface area contributed by atoms with Crippen LogP contribution in [0.25, 0.3) is 0 Å². The first-order chi connectivity index (χ1) is 8.19. The van der Waals surface area contributed by atoms with Gasteiger partial charge in [0.1, 0.15) is 0 Å². The van der Waals surface area contributed by atoms with Gasteiger partial charge in [-0.3, -0.25) is 0 Å². The quantitative estimate of drug-likeness (QED) is 0.629. The lowest BCUT2D eigenvalue weighted by Gasteiger charge is -2.47. The Morgan fingerprint density at radius 3 is 2.41 bits per heavy atom. The normalized spacial score (nSPS) is 28.4. The van der Waals surface area contributed by atoms with Crippen molar-refractivity contribution in [1.82, 2.24) is 10.2 Å². The smallest absolute Gasteiger partial charge is 0.0611 e. The lowest BCUT2D eigenvalue weighted by molar-refractivity contribution is -0.0478. The van der Waals surface area contributed by atoms with E-state index in [-0.39, 0.29) is 5.54 Å². The lowest BCUT2D eigenvalue weighted by atomic mass is 9.74. The van der Waals surface area contributed by atoms with E-state index in [2.05, 4.69) is 31.0 Å². The second kappa shape index (κ2) is 7.31. The molecule has 0 aliphatic heterocycles. The summed E-state index contributed by atoms with van der Waals surface area (Å²) >= 11 is 0. The third-order valence-corrected chi connectivity index (χ3v) is 3.85. The summed E-state index contributed by atoms with van der Waals surface area (Å²) in [6, 6.07) is 0. The largest absolute Gasteiger partial charge is 0.378 e. The van der Waals surface area contributed by atoms with E-state index in [0.717, 1.165) is 52.2 Å². The van der Waals surface area contributed by atoms with E-state index in [0.29, 0.717) is 6.10 Å². The number of nitrogens with two attached hydrogens (primary N) is 1. The van der Waals surface area contributed by atoms with Crippen LogP contribution in [0.15, 0.2) is 0 Å². The highest BCUT2D eigenvalue weighted by atomic mass is 16.5. The molecule has 0 bridgehead atoms. The Morgan fingerprint density at radius 2 is 1.94 bits per heavy atom. The van der Waals surface area contributed by atoms with Crippen molar-refractivity contribution in [2.75, 3.05) is 39.3 Å². The molecular weight excluding hydrogens is 214 g/mol. The zero-order chi connectivity index (χ0) is 12.7. The average molecular weight is 243 g/mol. The molecular formula is C13H29N3O. The van der Waals surface area contributed by atoms with Crippen molar-refractivity contribution in [2.45, 2.75) is 45.3 Å². The maximum Gasteiger partial charge on any atom is 0.0611 e. The zero-order valence-corrected chi connectivity index (χ0v) is 11.7. The fourth-order valence-corrected chi connectivity index (χ4v) is 2.57. The molecule has 1 aliphatic rings. The Hall–Kier alpha value is -0.160. The van der Waals surface area contributed by atoms with Gasteiger partial charge in [0, 0.05) is 31.8 Å². The molecule has 0 unspecified atom stereocenters. The number of hydrogen-bond acceptors (Lipinski definition) is 4. The SMILES string of the molecule is CCOC1CC(CN)(NCCN(CC)CC)C1. The van der Waals surface area contributed by atoms with Crippen LogP contribution in [-0.4, -0.2) is 55.9 Å². The molecule has 102 valence electrons. The minimum absolute atomic E-state index is 0.146. The molecule has 1 rings (SSSR count). The molecule has 4 heteroatoms. The van der Waals surface area contributed by atoms with E-state index in [1.165, 1.54) is 0 Å². The van der Waals surface area contributed by atoms with Crippen LogP contribution >= 0.6 is 0 Å². The molecule has 4 nitrogen and oxygen atoms in total. The third-order valence-electron chi connectivity index (χ3n) is 3.85. The maximum absolute atomic E-state index is 5.88. The van der Waals surface area contributed by atoms with Gasteiger partial charge in [-0.1, -0.05) is 13.8 Å². The first kappa shape index (κ1) is 14.9. The predicted octanol–water partition coefficient (Wildman–Crippen LogP) is 0.814. The minimum atomic E-state index is 0.146. The highest BCUT2D eigenvalue weighted by Crippen LogP contribution is 2.33. The highest BCUT2D eigenvalue weighted by Gasteiger charge is 2.43. The van der Waals surface area contributed by atoms with Crippen LogP contribution in [0.3, 0.4) is 0 Å². The van der Waals surface area contributed by atoms with Crippen molar-refractivity contribution in [1.29, 1.82) is 0 Å². The van der Waals surface area contributed by atoms with Crippen molar-refractivity contribution in [3.05, 3.63) is 0 Å². The van der Waals surface area contributed by atoms with Gasteiger partial charge < -0.3 is 20.7 Å². The number of hydrogen-bond donors (Lipinski definition) is 2. The van der Waals surface area contributed by atoms with Crippen LogP contribution in [0.1, 0.15) is 33.6 Å². The Morgan fingerprint density at radius 1 is 1.29 bits per heavy atom. The molecule has 17 heavy (non-hydrogen) atoms. The van der Waals surface area contributed by atoms with E-state index in [1.54, 1.807) is 0 Å². The molecule has 0 amide bonds. The molecule has 1 saturated carbocycles. The molecule has 0 radical (unpaired) electrons. The minimum Gasteiger partial charge on any atom is -0.378 e. The predicted molar refractivity (Wildman–Crippen MR) is 72.2 cm³/mol. The summed E-state index contributed by atoms with van der Waals surface area (Å²) in [6.45, 7) is 12.4. The first-order valence-electron chi connectivity index (χ1n) is 6.98. The van der Waals surface area contributed by atoms with E-state index in [1.807, 2.05) is 0 Å². The number of nitrogens with one attached hydrogen (secondary N) is 1. The van der Waals surface area contributed by atoms with E-state index in [4.69, 9.17) is 10.5 Å². The van der Waals surface area contributed by atoms with Crippen molar-refractivity contribution >= 4 is 0 Å². The molecule has 0 saturated heterocycles. The highest BCUT2D eigenvalue weighted by molar-refractivity contribution is 5.02. The molecule has 1 aliphatic carbocycles. The first-order valence-corrected chi connectivity index (χ1v) is 6.98. The van der Waals surface area contributed by atoms with Crippen molar-refractivity contribution < 1.29 is 4.74 Å². The number of rotatable bonds is 9. The topological polar surface area (TPSA) is 50.5 Å². The van der Waals surface area contributed by atoms with Crippen molar-refractivity contribution in [2.24, 2.45) is 5.73 Å². The number of nitrogens with zero attached hydrogens (tertiary/aromatic N) is 1. The summed E-state index contributed by atoms with van der Waals surface area (Å²) in [5, 5.41) is 3.62. The van der Waals surface area contributed by atoms with Gasteiger partial charge in [0.05, 0.1) is 6.10 Å². The van der Waals surface area contributed by atoms with Crippen LogP contribution in [0, 0.1) is 0 Å². The maximum atomic E-state index is 5.88. The van der Waals surface area contributed by atoms with Gasteiger partial charge in [-0.15, -0.1) is 0 Å². The fourth-order valence-electron chi connectivity index (χ4n) is 2.57. The van der Waals surface area contributed by atoms with Gasteiger partial charge in [0.15, 0.2) is 0 Å². The Balaban J connectivity index is 2.20. The lowest BCUT2D eigenvalue weighted by Crippen LogP contribution is -2.63. The zero-order valence-electron chi connectivity index (χ0n) is 11.7. The Kier molecular flexibility index (Phi) is 6.41. The molecule has 0 aromatic rings. The number of ether oxygens (including phenoxy) is 1. The summed E-state index contributed by atoms with van der Waals surface area (Å²) in [5.74, 6) is 0. The molecule has 1 fully saturated rings. The summed E-state index contributed by atoms with van der Waals surface area (Å²) in [6.07, 6.45) is 2.55. The van der Waals surface area contributed by atoms with Gasteiger partial charge in [-0.05, 0) is 32.9 Å². The standard InChI is InChI=1S/C13H29N3O/c1-4-16(5-2)8-7-15-13(11-14)9-12(10-13)17-6-3/h12,15H,4-11,14H2,1-3H3. The summed E-state index contributed by atoms with van der Waals surface area (Å²) in [4.78, 5) is 2.43. The summed E-state index contributed by atoms with van der Waals surface area (Å²) in [7, 11) is 0. The Labute approximate surface area is 106 Å². The van der Waals surface area contributed by atoms with Gasteiger partial charge in [-0.25, -0.2) is 0 Å². The molecule has 0 atom stereocenters. The average Bonchev–Trinajstić information content (AvgIpc) is 2.31. The van der Waals surface area contributed by atoms with Crippen molar-refractivity contribution in [3.8, 4) is 0 Å². The van der Waals surface area contributed by atoms with E-state index >= 15 is 0 Å². The van der Waals surface area contributed by atoms with Gasteiger partial charge in [-0.2, -0.15) is 0 Å². The monoisotopic (exact) mass is 243 g/mol. The summed E-state index contributed by atoms with van der Waals surface area (Å²) in [5.41, 5.74) is 6.02. The molecule has 0 aromatic carbocycles. The van der Waals surface area contributed by atoms with E-state index < -0.39 is 0 Å². The molecule has 0 heterocycles. The van der Waals surface area contributed by atoms with Crippen LogP contribution < -0.4 is 11.1 Å². The molecule has 3 N–H and O–H groups in total. The van der Waals surface area contributed by atoms with E-state index in [9.17, 15) is 0 Å². The second-order valence-electron chi connectivity index (χ2n) is 4.92. The van der Waals surface area contributed by atoms with Crippen LogP contribution in [0.5, 0.6) is 0 Å². The van der Waals surface area contributed by atoms with Crippen LogP contribution in [0.4, 0.5) is 0 Å². The molecule has 0 aromatic heterocycles. The van der Waals surface area contributed by atoms with Crippen LogP contribution in [0.2, 0.25) is 0 Å². The molecule has 0 spiro atoms. The van der Waals surface area contributed by atoms with Gasteiger partial charge >= 0.3 is 0 Å².